The summed E-state index contributed by atoms with van der Waals surface area (Å²) in [5.41, 5.74) is 3.60. The Morgan fingerprint density at radius 1 is 1.03 bits per heavy atom. The first-order chi connectivity index (χ1) is 15.9. The summed E-state index contributed by atoms with van der Waals surface area (Å²) in [6.07, 6.45) is 7.98. The molecule has 7 heteroatoms. The standard InChI is InChI=1S/C26H35N5O2/c1-19-22(26(33)30-15-5-4-6-16-30)18-27-25(28-19)23-8-7-17-31(23)24(32)14-11-20-9-12-21(13-10-20)29(2)3/h9-10,12-13,18,23H,4-8,11,14-17H2,1-3H3/t23-/m1/s1. The second kappa shape index (κ2) is 10.3. The molecule has 2 aliphatic rings. The minimum Gasteiger partial charge on any atom is -0.378 e. The third-order valence-electron chi connectivity index (χ3n) is 6.82. The summed E-state index contributed by atoms with van der Waals surface area (Å²) in [4.78, 5) is 41.1. The number of amides is 2. The first-order valence-electron chi connectivity index (χ1n) is 12.1. The number of aromatic nitrogens is 2. The fourth-order valence-corrected chi connectivity index (χ4v) is 4.81. The second-order valence-corrected chi connectivity index (χ2v) is 9.39. The van der Waals surface area contributed by atoms with E-state index in [2.05, 4.69) is 34.1 Å². The number of nitrogens with zero attached hydrogens (tertiary/aromatic N) is 5. The van der Waals surface area contributed by atoms with E-state index in [-0.39, 0.29) is 17.9 Å². The molecule has 0 N–H and O–H groups in total. The lowest BCUT2D eigenvalue weighted by molar-refractivity contribution is -0.132. The average molecular weight is 450 g/mol. The van der Waals surface area contributed by atoms with Gasteiger partial charge in [0.2, 0.25) is 5.91 Å². The Labute approximate surface area is 196 Å². The Bertz CT molecular complexity index is 983. The van der Waals surface area contributed by atoms with Crippen molar-refractivity contribution < 1.29 is 9.59 Å². The van der Waals surface area contributed by atoms with Crippen LogP contribution < -0.4 is 4.90 Å². The lowest BCUT2D eigenvalue weighted by atomic mass is 10.1. The first kappa shape index (κ1) is 23.2. The molecule has 2 saturated heterocycles. The van der Waals surface area contributed by atoms with Crippen molar-refractivity contribution in [3.8, 4) is 0 Å². The van der Waals surface area contributed by atoms with E-state index >= 15 is 0 Å². The molecule has 176 valence electrons. The monoisotopic (exact) mass is 449 g/mol. The third kappa shape index (κ3) is 5.34. The van der Waals surface area contributed by atoms with Crippen LogP contribution in [0.3, 0.4) is 0 Å². The SMILES string of the molecule is Cc1nc([C@H]2CCCN2C(=O)CCc2ccc(N(C)C)cc2)ncc1C(=O)N1CCCCC1. The van der Waals surface area contributed by atoms with Crippen LogP contribution in [0.15, 0.2) is 30.5 Å². The number of carbonyl (C=O) groups excluding carboxylic acids is 2. The number of hydrogen-bond acceptors (Lipinski definition) is 5. The Balaban J connectivity index is 1.40. The lowest BCUT2D eigenvalue weighted by Crippen LogP contribution is -2.36. The van der Waals surface area contributed by atoms with E-state index in [4.69, 9.17) is 4.98 Å². The summed E-state index contributed by atoms with van der Waals surface area (Å²) >= 11 is 0. The van der Waals surface area contributed by atoms with Crippen LogP contribution in [0.2, 0.25) is 0 Å². The largest absolute Gasteiger partial charge is 0.378 e. The molecular weight excluding hydrogens is 414 g/mol. The molecule has 3 heterocycles. The molecule has 2 fully saturated rings. The van der Waals surface area contributed by atoms with Gasteiger partial charge in [0.05, 0.1) is 17.3 Å². The van der Waals surface area contributed by atoms with Crippen molar-refractivity contribution in [2.45, 2.75) is 57.9 Å². The maximum atomic E-state index is 13.0. The number of likely N-dealkylation sites (tertiary alicyclic amines) is 2. The molecule has 7 nitrogen and oxygen atoms in total. The van der Waals surface area contributed by atoms with Crippen molar-refractivity contribution in [1.29, 1.82) is 0 Å². The zero-order chi connectivity index (χ0) is 23.4. The van der Waals surface area contributed by atoms with Gasteiger partial charge in [-0.05, 0) is 63.1 Å². The summed E-state index contributed by atoms with van der Waals surface area (Å²) in [5.74, 6) is 0.825. The molecule has 2 aromatic rings. The molecule has 2 amide bonds. The van der Waals surface area contributed by atoms with E-state index in [1.165, 1.54) is 6.42 Å². The van der Waals surface area contributed by atoms with Gasteiger partial charge < -0.3 is 14.7 Å². The van der Waals surface area contributed by atoms with Gasteiger partial charge in [0.1, 0.15) is 0 Å². The minimum atomic E-state index is -0.105. The molecule has 0 unspecified atom stereocenters. The lowest BCUT2D eigenvalue weighted by Gasteiger charge is -2.27. The van der Waals surface area contributed by atoms with Crippen LogP contribution in [0.5, 0.6) is 0 Å². The Hall–Kier alpha value is -2.96. The van der Waals surface area contributed by atoms with Crippen molar-refractivity contribution in [2.24, 2.45) is 0 Å². The number of aryl methyl sites for hydroxylation is 2. The maximum absolute atomic E-state index is 13.0. The average Bonchev–Trinajstić information content (AvgIpc) is 3.33. The van der Waals surface area contributed by atoms with Gasteiger partial charge in [-0.15, -0.1) is 0 Å². The fraction of sp³-hybridized carbons (Fsp3) is 0.538. The van der Waals surface area contributed by atoms with Crippen LogP contribution in [0, 0.1) is 6.92 Å². The summed E-state index contributed by atoms with van der Waals surface area (Å²) in [7, 11) is 4.04. The quantitative estimate of drug-likeness (QED) is 0.671. The van der Waals surface area contributed by atoms with E-state index in [1.807, 2.05) is 30.8 Å². The van der Waals surface area contributed by atoms with Crippen LogP contribution in [0.1, 0.15) is 72.0 Å². The van der Waals surface area contributed by atoms with E-state index < -0.39 is 0 Å². The highest BCUT2D eigenvalue weighted by Crippen LogP contribution is 2.31. The molecule has 0 bridgehead atoms. The highest BCUT2D eigenvalue weighted by atomic mass is 16.2. The van der Waals surface area contributed by atoms with E-state index in [1.54, 1.807) is 6.20 Å². The van der Waals surface area contributed by atoms with Gasteiger partial charge in [-0.2, -0.15) is 0 Å². The smallest absolute Gasteiger partial charge is 0.257 e. The van der Waals surface area contributed by atoms with Crippen molar-refractivity contribution in [3.05, 3.63) is 53.1 Å². The molecule has 4 rings (SSSR count). The van der Waals surface area contributed by atoms with Gasteiger partial charge in [-0.1, -0.05) is 12.1 Å². The summed E-state index contributed by atoms with van der Waals surface area (Å²) in [6, 6.07) is 8.25. The van der Waals surface area contributed by atoms with Crippen LogP contribution in [0.4, 0.5) is 5.69 Å². The Morgan fingerprint density at radius 2 is 1.76 bits per heavy atom. The summed E-state index contributed by atoms with van der Waals surface area (Å²) in [6.45, 7) is 4.23. The van der Waals surface area contributed by atoms with E-state index in [9.17, 15) is 9.59 Å². The van der Waals surface area contributed by atoms with Crippen LogP contribution >= 0.6 is 0 Å². The number of rotatable bonds is 6. The number of carbonyl (C=O) groups is 2. The van der Waals surface area contributed by atoms with Gasteiger partial charge in [0.25, 0.3) is 5.91 Å². The topological polar surface area (TPSA) is 69.6 Å². The Morgan fingerprint density at radius 3 is 2.42 bits per heavy atom. The third-order valence-corrected chi connectivity index (χ3v) is 6.82. The summed E-state index contributed by atoms with van der Waals surface area (Å²) < 4.78 is 0. The molecule has 0 aliphatic carbocycles. The van der Waals surface area contributed by atoms with Crippen molar-refractivity contribution in [1.82, 2.24) is 19.8 Å². The van der Waals surface area contributed by atoms with Crippen LogP contribution in [0.25, 0.3) is 0 Å². The van der Waals surface area contributed by atoms with Crippen molar-refractivity contribution in [3.63, 3.8) is 0 Å². The van der Waals surface area contributed by atoms with Crippen LogP contribution in [-0.2, 0) is 11.2 Å². The number of piperidine rings is 1. The molecule has 1 atom stereocenters. The van der Waals surface area contributed by atoms with Crippen molar-refractivity contribution in [2.75, 3.05) is 38.6 Å². The minimum absolute atomic E-state index is 0.0263. The van der Waals surface area contributed by atoms with Gasteiger partial charge in [0.15, 0.2) is 5.82 Å². The molecule has 33 heavy (non-hydrogen) atoms. The molecule has 1 aromatic heterocycles. The molecular formula is C26H35N5O2. The zero-order valence-corrected chi connectivity index (χ0v) is 20.1. The second-order valence-electron chi connectivity index (χ2n) is 9.39. The first-order valence-corrected chi connectivity index (χ1v) is 12.1. The van der Waals surface area contributed by atoms with Crippen molar-refractivity contribution >= 4 is 17.5 Å². The van der Waals surface area contributed by atoms with Gasteiger partial charge in [-0.3, -0.25) is 9.59 Å². The van der Waals surface area contributed by atoms with E-state index in [0.29, 0.717) is 23.5 Å². The fourth-order valence-electron chi connectivity index (χ4n) is 4.81. The highest BCUT2D eigenvalue weighted by Gasteiger charge is 2.32. The Kier molecular flexibility index (Phi) is 7.26. The molecule has 0 spiro atoms. The number of benzene rings is 1. The number of anilines is 1. The number of hydrogen-bond donors (Lipinski definition) is 0. The predicted molar refractivity (Wildman–Crippen MR) is 129 cm³/mol. The van der Waals surface area contributed by atoms with E-state index in [0.717, 1.165) is 63.0 Å². The maximum Gasteiger partial charge on any atom is 0.257 e. The predicted octanol–water partition coefficient (Wildman–Crippen LogP) is 3.77. The molecule has 2 aliphatic heterocycles. The highest BCUT2D eigenvalue weighted by molar-refractivity contribution is 5.95. The van der Waals surface area contributed by atoms with Gasteiger partial charge in [0, 0.05) is 52.0 Å². The molecule has 0 saturated carbocycles. The van der Waals surface area contributed by atoms with Crippen LogP contribution in [-0.4, -0.2) is 65.3 Å². The van der Waals surface area contributed by atoms with Gasteiger partial charge >= 0.3 is 0 Å². The van der Waals surface area contributed by atoms with Gasteiger partial charge in [-0.25, -0.2) is 9.97 Å². The summed E-state index contributed by atoms with van der Waals surface area (Å²) in [5, 5.41) is 0. The molecule has 1 aromatic carbocycles. The zero-order valence-electron chi connectivity index (χ0n) is 20.1. The molecule has 0 radical (unpaired) electrons. The normalized spacial score (nSPS) is 18.5.